The zero-order valence-corrected chi connectivity index (χ0v) is 11.0. The Labute approximate surface area is 120 Å². The van der Waals surface area contributed by atoms with Crippen molar-refractivity contribution in [3.63, 3.8) is 0 Å². The SMILES string of the molecule is O=C(O)C1Cc2ccccc2N1C(=O)NCc1ccon1. The predicted molar refractivity (Wildman–Crippen MR) is 72.8 cm³/mol. The molecule has 0 saturated heterocycles. The minimum Gasteiger partial charge on any atom is -0.480 e. The third-order valence-corrected chi connectivity index (χ3v) is 3.39. The van der Waals surface area contributed by atoms with Crippen LogP contribution in [0, 0.1) is 0 Å². The summed E-state index contributed by atoms with van der Waals surface area (Å²) in [5.41, 5.74) is 2.05. The standard InChI is InChI=1S/C14H13N3O4/c18-13(19)12-7-9-3-1-2-4-11(9)17(12)14(20)15-8-10-5-6-21-16-10/h1-6,12H,7-8H2,(H,15,20)(H,18,19). The van der Waals surface area contributed by atoms with Crippen molar-refractivity contribution >= 4 is 17.7 Å². The highest BCUT2D eigenvalue weighted by atomic mass is 16.5. The number of carboxylic acid groups (broad SMARTS) is 1. The molecule has 2 amide bonds. The van der Waals surface area contributed by atoms with Gasteiger partial charge in [0.15, 0.2) is 0 Å². The normalized spacial score (nSPS) is 16.6. The van der Waals surface area contributed by atoms with Gasteiger partial charge in [-0.3, -0.25) is 4.90 Å². The number of hydrogen-bond acceptors (Lipinski definition) is 4. The first-order chi connectivity index (χ1) is 10.2. The van der Waals surface area contributed by atoms with Gasteiger partial charge in [-0.15, -0.1) is 0 Å². The van der Waals surface area contributed by atoms with Crippen molar-refractivity contribution in [2.24, 2.45) is 0 Å². The van der Waals surface area contributed by atoms with E-state index >= 15 is 0 Å². The van der Waals surface area contributed by atoms with Crippen LogP contribution in [-0.2, 0) is 17.8 Å². The Bertz CT molecular complexity index is 669. The summed E-state index contributed by atoms with van der Waals surface area (Å²) < 4.78 is 4.68. The maximum absolute atomic E-state index is 12.3. The lowest BCUT2D eigenvalue weighted by atomic mass is 10.1. The summed E-state index contributed by atoms with van der Waals surface area (Å²) in [5.74, 6) is -1.03. The highest BCUT2D eigenvalue weighted by Gasteiger charge is 2.38. The van der Waals surface area contributed by atoms with Gasteiger partial charge >= 0.3 is 12.0 Å². The molecular formula is C14H13N3O4. The van der Waals surface area contributed by atoms with Crippen LogP contribution < -0.4 is 10.2 Å². The van der Waals surface area contributed by atoms with Crippen molar-refractivity contribution in [3.8, 4) is 0 Å². The first-order valence-corrected chi connectivity index (χ1v) is 6.44. The van der Waals surface area contributed by atoms with E-state index < -0.39 is 18.0 Å². The van der Waals surface area contributed by atoms with Crippen LogP contribution in [0.2, 0.25) is 0 Å². The summed E-state index contributed by atoms with van der Waals surface area (Å²) in [6.45, 7) is 0.181. The summed E-state index contributed by atoms with van der Waals surface area (Å²) in [7, 11) is 0. The number of para-hydroxylation sites is 1. The second-order valence-electron chi connectivity index (χ2n) is 4.71. The molecule has 1 atom stereocenters. The Morgan fingerprint density at radius 1 is 1.38 bits per heavy atom. The van der Waals surface area contributed by atoms with E-state index in [2.05, 4.69) is 15.0 Å². The van der Waals surface area contributed by atoms with E-state index in [4.69, 9.17) is 0 Å². The second kappa shape index (κ2) is 5.28. The van der Waals surface area contributed by atoms with Crippen LogP contribution in [0.3, 0.4) is 0 Å². The molecule has 2 aromatic rings. The van der Waals surface area contributed by atoms with Crippen LogP contribution in [-0.4, -0.2) is 28.3 Å². The monoisotopic (exact) mass is 287 g/mol. The Kier molecular flexibility index (Phi) is 3.31. The number of carbonyl (C=O) groups excluding carboxylic acids is 1. The molecule has 2 N–H and O–H groups in total. The van der Waals surface area contributed by atoms with Crippen molar-refractivity contribution in [2.75, 3.05) is 4.90 Å². The molecule has 0 fully saturated rings. The van der Waals surface area contributed by atoms with Gasteiger partial charge in [0.05, 0.1) is 6.54 Å². The molecule has 2 heterocycles. The van der Waals surface area contributed by atoms with E-state index in [9.17, 15) is 14.7 Å². The number of carboxylic acids is 1. The molecule has 0 bridgehead atoms. The molecular weight excluding hydrogens is 274 g/mol. The molecule has 108 valence electrons. The van der Waals surface area contributed by atoms with Gasteiger partial charge in [-0.25, -0.2) is 9.59 Å². The highest BCUT2D eigenvalue weighted by Crippen LogP contribution is 2.32. The van der Waals surface area contributed by atoms with Gasteiger partial charge in [0.25, 0.3) is 0 Å². The minimum atomic E-state index is -1.03. The largest absolute Gasteiger partial charge is 0.480 e. The van der Waals surface area contributed by atoms with Crippen LogP contribution in [0.5, 0.6) is 0 Å². The third kappa shape index (κ3) is 2.45. The Hall–Kier alpha value is -2.83. The summed E-state index contributed by atoms with van der Waals surface area (Å²) >= 11 is 0. The number of rotatable bonds is 3. The summed E-state index contributed by atoms with van der Waals surface area (Å²) in [4.78, 5) is 25.0. The molecule has 7 heteroatoms. The molecule has 0 spiro atoms. The minimum absolute atomic E-state index is 0.181. The van der Waals surface area contributed by atoms with Crippen LogP contribution >= 0.6 is 0 Å². The smallest absolute Gasteiger partial charge is 0.327 e. The number of nitrogens with one attached hydrogen (secondary N) is 1. The van der Waals surface area contributed by atoms with Crippen LogP contribution in [0.15, 0.2) is 41.1 Å². The van der Waals surface area contributed by atoms with E-state index in [0.29, 0.717) is 17.8 Å². The van der Waals surface area contributed by atoms with E-state index in [0.717, 1.165) is 5.56 Å². The van der Waals surface area contributed by atoms with Gasteiger partial charge in [0.1, 0.15) is 18.0 Å². The van der Waals surface area contributed by atoms with Crippen molar-refractivity contribution in [2.45, 2.75) is 19.0 Å². The van der Waals surface area contributed by atoms with E-state index in [1.807, 2.05) is 12.1 Å². The number of urea groups is 1. The van der Waals surface area contributed by atoms with Crippen molar-refractivity contribution in [1.82, 2.24) is 10.5 Å². The fourth-order valence-electron chi connectivity index (χ4n) is 2.41. The average molecular weight is 287 g/mol. The average Bonchev–Trinajstić information content (AvgIpc) is 3.11. The molecule has 0 saturated carbocycles. The van der Waals surface area contributed by atoms with Crippen LogP contribution in [0.25, 0.3) is 0 Å². The third-order valence-electron chi connectivity index (χ3n) is 3.39. The fraction of sp³-hybridized carbons (Fsp3) is 0.214. The Balaban J connectivity index is 1.80. The topological polar surface area (TPSA) is 95.7 Å². The number of aromatic nitrogens is 1. The summed E-state index contributed by atoms with van der Waals surface area (Å²) in [6.07, 6.45) is 1.72. The number of aliphatic carboxylic acids is 1. The molecule has 1 unspecified atom stereocenters. The van der Waals surface area contributed by atoms with Gasteiger partial charge in [0, 0.05) is 18.2 Å². The lowest BCUT2D eigenvalue weighted by Gasteiger charge is -2.22. The maximum Gasteiger partial charge on any atom is 0.327 e. The lowest BCUT2D eigenvalue weighted by Crippen LogP contribution is -2.47. The zero-order valence-electron chi connectivity index (χ0n) is 11.0. The summed E-state index contributed by atoms with van der Waals surface area (Å²) in [6, 6.07) is 7.46. The molecule has 0 aliphatic carbocycles. The molecule has 1 aromatic heterocycles. The number of benzene rings is 1. The number of anilines is 1. The molecule has 1 aromatic carbocycles. The molecule has 1 aliphatic rings. The van der Waals surface area contributed by atoms with Crippen molar-refractivity contribution in [3.05, 3.63) is 47.9 Å². The molecule has 21 heavy (non-hydrogen) atoms. The predicted octanol–water partition coefficient (Wildman–Crippen LogP) is 1.40. The number of carbonyl (C=O) groups is 2. The first kappa shape index (κ1) is 13.2. The van der Waals surface area contributed by atoms with Crippen molar-refractivity contribution < 1.29 is 19.2 Å². The Morgan fingerprint density at radius 3 is 2.90 bits per heavy atom. The number of amides is 2. The van der Waals surface area contributed by atoms with Crippen LogP contribution in [0.4, 0.5) is 10.5 Å². The van der Waals surface area contributed by atoms with Crippen molar-refractivity contribution in [1.29, 1.82) is 0 Å². The van der Waals surface area contributed by atoms with Crippen LogP contribution in [0.1, 0.15) is 11.3 Å². The molecule has 1 aliphatic heterocycles. The Morgan fingerprint density at radius 2 is 2.19 bits per heavy atom. The van der Waals surface area contributed by atoms with Gasteiger partial charge < -0.3 is 14.9 Å². The van der Waals surface area contributed by atoms with E-state index in [1.54, 1.807) is 18.2 Å². The van der Waals surface area contributed by atoms with Gasteiger partial charge in [-0.1, -0.05) is 23.4 Å². The van der Waals surface area contributed by atoms with Gasteiger partial charge in [-0.05, 0) is 11.6 Å². The number of nitrogens with zero attached hydrogens (tertiary/aromatic N) is 2. The maximum atomic E-state index is 12.3. The molecule has 3 rings (SSSR count). The highest BCUT2D eigenvalue weighted by molar-refractivity contribution is 6.00. The van der Waals surface area contributed by atoms with E-state index in [1.165, 1.54) is 11.2 Å². The zero-order chi connectivity index (χ0) is 14.8. The van der Waals surface area contributed by atoms with E-state index in [-0.39, 0.29) is 6.54 Å². The first-order valence-electron chi connectivity index (χ1n) is 6.44. The number of fused-ring (bicyclic) bond motifs is 1. The quantitative estimate of drug-likeness (QED) is 0.889. The molecule has 0 radical (unpaired) electrons. The fourth-order valence-corrected chi connectivity index (χ4v) is 2.41. The van der Waals surface area contributed by atoms with Gasteiger partial charge in [0.2, 0.25) is 0 Å². The molecule has 7 nitrogen and oxygen atoms in total. The lowest BCUT2D eigenvalue weighted by molar-refractivity contribution is -0.138. The number of hydrogen-bond donors (Lipinski definition) is 2. The summed E-state index contributed by atoms with van der Waals surface area (Å²) in [5, 5.41) is 15.7. The van der Waals surface area contributed by atoms with Gasteiger partial charge in [-0.2, -0.15) is 0 Å². The second-order valence-corrected chi connectivity index (χ2v) is 4.71.